The molecule has 0 radical (unpaired) electrons. The van der Waals surface area contributed by atoms with E-state index >= 15 is 0 Å². The van der Waals surface area contributed by atoms with Crippen LogP contribution in [0.1, 0.15) is 13.8 Å². The third-order valence-electron chi connectivity index (χ3n) is 1.91. The molecule has 0 saturated carbocycles. The summed E-state index contributed by atoms with van der Waals surface area (Å²) in [4.78, 5) is 21.3. The predicted octanol–water partition coefficient (Wildman–Crippen LogP) is 2.31. The average Bonchev–Trinajstić information content (AvgIpc) is 2.36. The van der Waals surface area contributed by atoms with Gasteiger partial charge in [-0.05, 0) is 31.6 Å². The molecule has 0 aliphatic rings. The molecule has 0 amide bonds. The van der Waals surface area contributed by atoms with Crippen LogP contribution in [0.25, 0.3) is 0 Å². The molecule has 1 N–H and O–H groups in total. The van der Waals surface area contributed by atoms with Gasteiger partial charge in [-0.3, -0.25) is 9.59 Å². The SMILES string of the molecule is C=C(C)C(=O)COCC(O)(F)F.C=C(C)C(=O)COC[C-](F)F.[Rf]. The predicted molar refractivity (Wildman–Crippen MR) is 73.9 cm³/mol. The fraction of sp³-hybridized carbons (Fsp3) is 0.500. The van der Waals surface area contributed by atoms with Crippen molar-refractivity contribution in [3.8, 4) is 0 Å². The fourth-order valence-electron chi connectivity index (χ4n) is 0.734. The Bertz CT molecular complexity index is 422. The summed E-state index contributed by atoms with van der Waals surface area (Å²) in [7, 11) is 0. The van der Waals surface area contributed by atoms with E-state index in [0.29, 0.717) is 5.57 Å². The van der Waals surface area contributed by atoms with Gasteiger partial charge in [-0.15, -0.1) is 0 Å². The second-order valence-electron chi connectivity index (χ2n) is 4.40. The largest absolute Gasteiger partial charge is 0.419 e. The molecule has 0 heterocycles. The summed E-state index contributed by atoms with van der Waals surface area (Å²) in [5, 5.41) is 7.88. The topological polar surface area (TPSA) is 72.8 Å². The van der Waals surface area contributed by atoms with Gasteiger partial charge < -0.3 is 23.4 Å². The molecule has 10 heteroatoms. The van der Waals surface area contributed by atoms with Crippen molar-refractivity contribution in [2.24, 2.45) is 0 Å². The van der Waals surface area contributed by atoms with Gasteiger partial charge in [0.05, 0.1) is 0 Å². The van der Waals surface area contributed by atoms with Crippen molar-refractivity contribution >= 4 is 11.6 Å². The van der Waals surface area contributed by atoms with E-state index in [2.05, 4.69) is 22.6 Å². The number of hydrogen-bond acceptors (Lipinski definition) is 5. The summed E-state index contributed by atoms with van der Waals surface area (Å²) in [6.45, 7) is 6.81. The minimum Gasteiger partial charge on any atom is -0.419 e. The van der Waals surface area contributed by atoms with Crippen LogP contribution in [0.15, 0.2) is 24.3 Å². The molecule has 0 rings (SSSR count). The molecule has 136 valence electrons. The summed E-state index contributed by atoms with van der Waals surface area (Å²) in [6.07, 6.45) is -5.71. The first-order valence-corrected chi connectivity index (χ1v) is 6.16. The molecular weight excluding hydrogens is 591 g/mol. The van der Waals surface area contributed by atoms with Gasteiger partial charge in [-0.2, -0.15) is 8.78 Å². The zero-order chi connectivity index (χ0) is 18.6. The standard InChI is InChI=1S/C7H10F2O3.C7H9F2O2.Rf/c1-5(2)6(10)3-12-4-7(8,9)11;1-5(2)6(10)3-11-4-7(8)9;/h11H,1,3-4H2,2H3;1,3-4H2,2H3;/q;-1;. The van der Waals surface area contributed by atoms with Gasteiger partial charge in [-0.1, -0.05) is 13.2 Å². The normalized spacial score (nSPS) is 10.3. The van der Waals surface area contributed by atoms with Gasteiger partial charge in [0.1, 0.15) is 19.8 Å². The first-order valence-electron chi connectivity index (χ1n) is 6.16. The smallest absolute Gasteiger partial charge is 0.376 e. The summed E-state index contributed by atoms with van der Waals surface area (Å²) < 4.78 is 54.6. The Morgan fingerprint density at radius 1 is 1.04 bits per heavy atom. The van der Waals surface area contributed by atoms with Crippen molar-refractivity contribution in [2.75, 3.05) is 26.4 Å². The maximum Gasteiger partial charge on any atom is 0.376 e. The monoisotopic (exact) mass is 610 g/mol. The van der Waals surface area contributed by atoms with Crippen LogP contribution in [-0.4, -0.2) is 49.2 Å². The molecule has 0 bridgehead atoms. The number of Topliss-reactive ketones (excluding diaryl/α,β-unsaturated/α-hetero) is 2. The van der Waals surface area contributed by atoms with Crippen molar-refractivity contribution in [1.82, 2.24) is 0 Å². The number of carbonyl (C=O) groups excluding carboxylic acids is 2. The van der Waals surface area contributed by atoms with Crippen LogP contribution < -0.4 is 0 Å². The Balaban J connectivity index is -0.000000354. The minimum absolute atomic E-state index is 0. The number of carbonyl (C=O) groups is 2. The van der Waals surface area contributed by atoms with Gasteiger partial charge in [0.15, 0.2) is 11.6 Å². The second kappa shape index (κ2) is 12.9. The number of alkyl halides is 2. The zero-order valence-corrected chi connectivity index (χ0v) is 19.9. The second-order valence-corrected chi connectivity index (χ2v) is 4.40. The number of ether oxygens (including phenoxy) is 2. The quantitative estimate of drug-likeness (QED) is 0.234. The molecule has 0 spiro atoms. The van der Waals surface area contributed by atoms with E-state index in [9.17, 15) is 27.2 Å². The van der Waals surface area contributed by atoms with E-state index in [1.54, 1.807) is 0 Å². The van der Waals surface area contributed by atoms with Crippen LogP contribution in [0.5, 0.6) is 0 Å². The van der Waals surface area contributed by atoms with Gasteiger partial charge in [0.2, 0.25) is 0 Å². The van der Waals surface area contributed by atoms with Crippen LogP contribution in [0.3, 0.4) is 0 Å². The molecule has 5 nitrogen and oxygen atoms in total. The van der Waals surface area contributed by atoms with Crippen LogP contribution >= 0.6 is 0 Å². The van der Waals surface area contributed by atoms with E-state index in [0.717, 1.165) is 0 Å². The van der Waals surface area contributed by atoms with Crippen LogP contribution in [0.2, 0.25) is 0 Å². The molecule has 0 aromatic carbocycles. The van der Waals surface area contributed by atoms with Crippen LogP contribution in [-0.2, 0) is 19.1 Å². The van der Waals surface area contributed by atoms with E-state index in [1.807, 2.05) is 0 Å². The number of halogens is 4. The summed E-state index contributed by atoms with van der Waals surface area (Å²) in [5.41, 5.74) is 0.542. The molecule has 24 heavy (non-hydrogen) atoms. The maximum absolute atomic E-state index is 11.7. The van der Waals surface area contributed by atoms with E-state index in [1.165, 1.54) is 13.8 Å². The molecule has 0 fully saturated rings. The summed E-state index contributed by atoms with van der Waals surface area (Å²) in [6, 6.07) is 0. The minimum atomic E-state index is -3.88. The molecule has 0 unspecified atom stereocenters. The Labute approximate surface area is 131 Å². The van der Waals surface area contributed by atoms with Crippen molar-refractivity contribution in [3.05, 3.63) is 30.7 Å². The van der Waals surface area contributed by atoms with E-state index < -0.39 is 38.1 Å². The van der Waals surface area contributed by atoms with Gasteiger partial charge in [0, 0.05) is 6.43 Å². The maximum atomic E-state index is 11.7. The number of ketones is 2. The van der Waals surface area contributed by atoms with Gasteiger partial charge in [0.25, 0.3) is 0 Å². The molecule has 0 aromatic rings. The third kappa shape index (κ3) is 19.4. The van der Waals surface area contributed by atoms with Crippen molar-refractivity contribution < 1.29 is 41.7 Å². The van der Waals surface area contributed by atoms with Crippen molar-refractivity contribution in [3.63, 3.8) is 0 Å². The summed E-state index contributed by atoms with van der Waals surface area (Å²) >= 11 is 0. The first kappa shape index (κ1) is 26.3. The third-order valence-corrected chi connectivity index (χ3v) is 1.91. The number of aliphatic hydroxyl groups is 1. The van der Waals surface area contributed by atoms with Crippen molar-refractivity contribution in [1.29, 1.82) is 0 Å². The molecule has 0 aliphatic heterocycles. The Hall–Kier alpha value is -2.58. The molecule has 0 aliphatic carbocycles. The molecule has 0 atom stereocenters. The fourth-order valence-corrected chi connectivity index (χ4v) is 0.734. The molecule has 0 saturated heterocycles. The van der Waals surface area contributed by atoms with E-state index in [4.69, 9.17) is 5.11 Å². The van der Waals surface area contributed by atoms with Gasteiger partial charge >= 0.3 is 6.11 Å². The molecular formula is C14H19F4O5Rf-. The Kier molecular flexibility index (Phi) is 14.2. The van der Waals surface area contributed by atoms with Gasteiger partial charge in [-0.25, -0.2) is 0 Å². The van der Waals surface area contributed by atoms with Crippen LogP contribution in [0.4, 0.5) is 17.6 Å². The first-order chi connectivity index (χ1) is 10.4. The number of hydrogen-bond donors (Lipinski definition) is 1. The molecule has 0 aromatic heterocycles. The van der Waals surface area contributed by atoms with Crippen LogP contribution in [0, 0.1) is 6.43 Å². The van der Waals surface area contributed by atoms with Crippen molar-refractivity contribution in [2.45, 2.75) is 20.0 Å². The van der Waals surface area contributed by atoms with E-state index in [-0.39, 0.29) is 18.0 Å². The summed E-state index contributed by atoms with van der Waals surface area (Å²) in [5.74, 6) is -0.814. The average molecular weight is 610 g/mol. The zero-order valence-electron chi connectivity index (χ0n) is 13.5. The Morgan fingerprint density at radius 3 is 1.71 bits per heavy atom. The Morgan fingerprint density at radius 2 is 1.42 bits per heavy atom. The number of rotatable bonds is 10.